The number of hydrogen-bond donors (Lipinski definition) is 1. The molecule has 0 radical (unpaired) electrons. The van der Waals surface area contributed by atoms with Crippen LogP contribution in [-0.2, 0) is 10.0 Å². The van der Waals surface area contributed by atoms with Crippen LogP contribution in [0.5, 0.6) is 0 Å². The van der Waals surface area contributed by atoms with Crippen LogP contribution < -0.4 is 5.32 Å². The van der Waals surface area contributed by atoms with Crippen molar-refractivity contribution in [2.24, 2.45) is 0 Å². The monoisotopic (exact) mass is 336 g/mol. The fraction of sp³-hybridized carbons (Fsp3) is 0.188. The summed E-state index contributed by atoms with van der Waals surface area (Å²) in [6.07, 6.45) is 0. The Hall–Kier alpha value is -2.25. The van der Waals surface area contributed by atoms with E-state index in [0.717, 1.165) is 10.4 Å². The molecule has 1 N–H and O–H groups in total. The van der Waals surface area contributed by atoms with Crippen LogP contribution >= 0.6 is 0 Å². The Bertz CT molecular complexity index is 848. The third-order valence-electron chi connectivity index (χ3n) is 3.32. The normalized spacial score (nSPS) is 11.5. The Morgan fingerprint density at radius 3 is 2.43 bits per heavy atom. The molecule has 1 amide bonds. The van der Waals surface area contributed by atoms with Crippen LogP contribution in [0.1, 0.15) is 15.9 Å². The van der Waals surface area contributed by atoms with E-state index >= 15 is 0 Å². The summed E-state index contributed by atoms with van der Waals surface area (Å²) in [5.41, 5.74) is 1.22. The minimum Gasteiger partial charge on any atom is -0.322 e. The molecule has 0 aliphatic heterocycles. The van der Waals surface area contributed by atoms with Gasteiger partial charge in [0.25, 0.3) is 5.91 Å². The minimum absolute atomic E-state index is 0.0719. The first kappa shape index (κ1) is 17.1. The maximum absolute atomic E-state index is 13.2. The second-order valence-electron chi connectivity index (χ2n) is 5.23. The van der Waals surface area contributed by atoms with Gasteiger partial charge in [0.05, 0.1) is 4.90 Å². The molecule has 0 atom stereocenters. The van der Waals surface area contributed by atoms with E-state index in [9.17, 15) is 17.6 Å². The zero-order valence-corrected chi connectivity index (χ0v) is 13.8. The molecule has 0 saturated heterocycles. The number of carbonyl (C=O) groups is 1. The van der Waals surface area contributed by atoms with Crippen molar-refractivity contribution in [3.8, 4) is 0 Å². The highest BCUT2D eigenvalue weighted by Crippen LogP contribution is 2.22. The molecule has 0 aliphatic rings. The van der Waals surface area contributed by atoms with Gasteiger partial charge in [-0.1, -0.05) is 12.1 Å². The van der Waals surface area contributed by atoms with Crippen molar-refractivity contribution in [2.75, 3.05) is 19.4 Å². The lowest BCUT2D eigenvalue weighted by atomic mass is 10.1. The third-order valence-corrected chi connectivity index (χ3v) is 5.13. The first-order valence-corrected chi connectivity index (χ1v) is 8.26. The van der Waals surface area contributed by atoms with Crippen molar-refractivity contribution in [2.45, 2.75) is 11.8 Å². The largest absolute Gasteiger partial charge is 0.322 e. The highest BCUT2D eigenvalue weighted by Gasteiger charge is 2.19. The molecule has 2 aromatic carbocycles. The molecule has 0 bridgehead atoms. The van der Waals surface area contributed by atoms with E-state index in [-0.39, 0.29) is 10.5 Å². The number of rotatable bonds is 4. The van der Waals surface area contributed by atoms with Crippen molar-refractivity contribution in [3.05, 3.63) is 59.4 Å². The van der Waals surface area contributed by atoms with Crippen molar-refractivity contribution in [3.63, 3.8) is 0 Å². The topological polar surface area (TPSA) is 66.5 Å². The van der Waals surface area contributed by atoms with Gasteiger partial charge in [0.15, 0.2) is 0 Å². The number of amides is 1. The second kappa shape index (κ2) is 6.47. The SMILES string of the molecule is Cc1ccc(S(=O)(=O)N(C)C)cc1NC(=O)c1cccc(F)c1. The molecule has 0 spiro atoms. The van der Waals surface area contributed by atoms with Gasteiger partial charge in [0.2, 0.25) is 10.0 Å². The molecule has 7 heteroatoms. The van der Waals surface area contributed by atoms with Crippen molar-refractivity contribution in [1.29, 1.82) is 0 Å². The van der Waals surface area contributed by atoms with Crippen LogP contribution in [0, 0.1) is 12.7 Å². The first-order valence-electron chi connectivity index (χ1n) is 6.82. The average molecular weight is 336 g/mol. The first-order chi connectivity index (χ1) is 10.7. The Labute approximate surface area is 134 Å². The lowest BCUT2D eigenvalue weighted by Gasteiger charge is -2.14. The van der Waals surface area contributed by atoms with Crippen molar-refractivity contribution < 1.29 is 17.6 Å². The molecular formula is C16H17FN2O3S. The van der Waals surface area contributed by atoms with Crippen LogP contribution in [-0.4, -0.2) is 32.7 Å². The highest BCUT2D eigenvalue weighted by atomic mass is 32.2. The zero-order valence-electron chi connectivity index (χ0n) is 13.0. The molecule has 2 aromatic rings. The molecule has 122 valence electrons. The standard InChI is InChI=1S/C16H17FN2O3S/c1-11-7-8-14(23(21,22)19(2)3)10-15(11)18-16(20)12-5-4-6-13(17)9-12/h4-10H,1-3H3,(H,18,20). The quantitative estimate of drug-likeness (QED) is 0.933. The van der Waals surface area contributed by atoms with Gasteiger partial charge in [-0.25, -0.2) is 17.1 Å². The third kappa shape index (κ3) is 3.75. The number of halogens is 1. The number of nitrogens with zero attached hydrogens (tertiary/aromatic N) is 1. The van der Waals surface area contributed by atoms with Crippen LogP contribution in [0.2, 0.25) is 0 Å². The van der Waals surface area contributed by atoms with E-state index in [1.165, 1.54) is 44.4 Å². The van der Waals surface area contributed by atoms with Gasteiger partial charge in [0.1, 0.15) is 5.82 Å². The molecular weight excluding hydrogens is 319 g/mol. The van der Waals surface area contributed by atoms with Crippen LogP contribution in [0.25, 0.3) is 0 Å². The van der Waals surface area contributed by atoms with Crippen molar-refractivity contribution >= 4 is 21.6 Å². The van der Waals surface area contributed by atoms with Crippen molar-refractivity contribution in [1.82, 2.24) is 4.31 Å². The van der Waals surface area contributed by atoms with Gasteiger partial charge in [-0.3, -0.25) is 4.79 Å². The maximum atomic E-state index is 13.2. The summed E-state index contributed by atoms with van der Waals surface area (Å²) >= 11 is 0. The Morgan fingerprint density at radius 2 is 1.83 bits per heavy atom. The summed E-state index contributed by atoms with van der Waals surface area (Å²) in [7, 11) is -0.740. The Morgan fingerprint density at radius 1 is 1.13 bits per heavy atom. The molecule has 0 fully saturated rings. The predicted octanol–water partition coefficient (Wildman–Crippen LogP) is 2.64. The second-order valence-corrected chi connectivity index (χ2v) is 7.38. The molecule has 0 heterocycles. The smallest absolute Gasteiger partial charge is 0.255 e. The highest BCUT2D eigenvalue weighted by molar-refractivity contribution is 7.89. The van der Waals surface area contributed by atoms with Crippen LogP contribution in [0.4, 0.5) is 10.1 Å². The summed E-state index contributed by atoms with van der Waals surface area (Å²) in [4.78, 5) is 12.2. The number of benzene rings is 2. The molecule has 5 nitrogen and oxygen atoms in total. The molecule has 0 unspecified atom stereocenters. The van der Waals surface area contributed by atoms with E-state index in [4.69, 9.17) is 0 Å². The lowest BCUT2D eigenvalue weighted by molar-refractivity contribution is 0.102. The minimum atomic E-state index is -3.60. The summed E-state index contributed by atoms with van der Waals surface area (Å²) in [6.45, 7) is 1.74. The zero-order chi connectivity index (χ0) is 17.2. The van der Waals surface area contributed by atoms with Gasteiger partial charge >= 0.3 is 0 Å². The number of hydrogen-bond acceptors (Lipinski definition) is 3. The molecule has 23 heavy (non-hydrogen) atoms. The fourth-order valence-electron chi connectivity index (χ4n) is 1.93. The van der Waals surface area contributed by atoms with Gasteiger partial charge < -0.3 is 5.32 Å². The maximum Gasteiger partial charge on any atom is 0.255 e. The predicted molar refractivity (Wildman–Crippen MR) is 86.4 cm³/mol. The number of anilines is 1. The number of aryl methyl sites for hydroxylation is 1. The van der Waals surface area contributed by atoms with Gasteiger partial charge in [0, 0.05) is 25.3 Å². The summed E-state index contributed by atoms with van der Waals surface area (Å²) < 4.78 is 38.6. The van der Waals surface area contributed by atoms with E-state index in [0.29, 0.717) is 11.3 Å². The van der Waals surface area contributed by atoms with E-state index in [2.05, 4.69) is 5.32 Å². The number of nitrogens with one attached hydrogen (secondary N) is 1. The van der Waals surface area contributed by atoms with E-state index in [1.807, 2.05) is 0 Å². The van der Waals surface area contributed by atoms with Gasteiger partial charge in [-0.2, -0.15) is 0 Å². The summed E-state index contributed by atoms with van der Waals surface area (Å²) in [5.74, 6) is -1.02. The summed E-state index contributed by atoms with van der Waals surface area (Å²) in [6, 6.07) is 9.75. The van der Waals surface area contributed by atoms with Gasteiger partial charge in [-0.15, -0.1) is 0 Å². The molecule has 0 aliphatic carbocycles. The molecule has 2 rings (SSSR count). The molecule has 0 aromatic heterocycles. The van der Waals surface area contributed by atoms with E-state index in [1.54, 1.807) is 13.0 Å². The molecule has 0 saturated carbocycles. The van der Waals surface area contributed by atoms with Gasteiger partial charge in [-0.05, 0) is 42.8 Å². The van der Waals surface area contributed by atoms with E-state index < -0.39 is 21.7 Å². The fourth-order valence-corrected chi connectivity index (χ4v) is 2.86. The lowest BCUT2D eigenvalue weighted by Crippen LogP contribution is -2.22. The van der Waals surface area contributed by atoms with Crippen LogP contribution in [0.3, 0.4) is 0 Å². The number of sulfonamides is 1. The Kier molecular flexibility index (Phi) is 4.82. The van der Waals surface area contributed by atoms with Crippen LogP contribution in [0.15, 0.2) is 47.4 Å². The average Bonchev–Trinajstić information content (AvgIpc) is 2.49. The number of carbonyl (C=O) groups excluding carboxylic acids is 1. The summed E-state index contributed by atoms with van der Waals surface area (Å²) in [5, 5.41) is 2.62. The Balaban J connectivity index is 2.35.